The summed E-state index contributed by atoms with van der Waals surface area (Å²) in [6, 6.07) is 14.5. The van der Waals surface area contributed by atoms with Gasteiger partial charge in [-0.15, -0.1) is 0 Å². The van der Waals surface area contributed by atoms with E-state index in [2.05, 4.69) is 15.5 Å². The number of benzene rings is 2. The van der Waals surface area contributed by atoms with E-state index in [-0.39, 0.29) is 16.8 Å². The average Bonchev–Trinajstić information content (AvgIpc) is 3.18. The number of thiocarbonyl (C=S) groups is 1. The van der Waals surface area contributed by atoms with Gasteiger partial charge in [0, 0.05) is 38.5 Å². The van der Waals surface area contributed by atoms with Crippen LogP contribution in [0.4, 0.5) is 11.4 Å². The van der Waals surface area contributed by atoms with Gasteiger partial charge in [-0.2, -0.15) is 0 Å². The molecule has 7 nitrogen and oxygen atoms in total. The third kappa shape index (κ3) is 4.65. The minimum absolute atomic E-state index is 0.0617. The van der Waals surface area contributed by atoms with Crippen molar-refractivity contribution in [2.45, 2.75) is 6.92 Å². The van der Waals surface area contributed by atoms with Crippen LogP contribution in [0.5, 0.6) is 0 Å². The number of rotatable bonds is 3. The summed E-state index contributed by atoms with van der Waals surface area (Å²) in [5.41, 5.74) is 2.10. The molecule has 2 heterocycles. The van der Waals surface area contributed by atoms with E-state index >= 15 is 0 Å². The number of furan rings is 1. The second kappa shape index (κ2) is 8.95. The maximum absolute atomic E-state index is 12.6. The van der Waals surface area contributed by atoms with Crippen LogP contribution in [0.1, 0.15) is 17.5 Å². The van der Waals surface area contributed by atoms with Gasteiger partial charge in [0.2, 0.25) is 5.91 Å². The number of hydrogen-bond donors (Lipinski definition) is 2. The molecular formula is C22H21ClN4O3S. The van der Waals surface area contributed by atoms with Crippen LogP contribution < -0.4 is 15.5 Å². The van der Waals surface area contributed by atoms with Gasteiger partial charge >= 0.3 is 0 Å². The first kappa shape index (κ1) is 21.1. The van der Waals surface area contributed by atoms with Gasteiger partial charge in [0.1, 0.15) is 5.58 Å². The number of halogens is 1. The lowest BCUT2D eigenvalue weighted by Gasteiger charge is -2.37. The smallest absolute Gasteiger partial charge is 0.293 e. The predicted octanol–water partition coefficient (Wildman–Crippen LogP) is 3.88. The summed E-state index contributed by atoms with van der Waals surface area (Å²) in [6.07, 6.45) is 0. The molecule has 2 aromatic carbocycles. The zero-order chi connectivity index (χ0) is 22.0. The first-order chi connectivity index (χ1) is 14.9. The Hall–Kier alpha value is -3.10. The number of fused-ring (bicyclic) bond motifs is 1. The Kier molecular flexibility index (Phi) is 6.11. The van der Waals surface area contributed by atoms with Crippen molar-refractivity contribution in [1.29, 1.82) is 0 Å². The average molecular weight is 457 g/mol. The summed E-state index contributed by atoms with van der Waals surface area (Å²) in [5.74, 6) is -0.198. The van der Waals surface area contributed by atoms with E-state index in [0.717, 1.165) is 11.1 Å². The molecule has 2 amide bonds. The van der Waals surface area contributed by atoms with Crippen LogP contribution in [-0.2, 0) is 4.79 Å². The Bertz CT molecular complexity index is 1120. The molecule has 0 spiro atoms. The molecule has 1 saturated heterocycles. The highest BCUT2D eigenvalue weighted by Gasteiger charge is 2.23. The maximum Gasteiger partial charge on any atom is 0.293 e. The molecule has 3 aromatic rings. The standard InChI is InChI=1S/C22H21ClN4O3S/c1-14(28)26-9-11-27(12-10-26)20-16(23)6-4-7-17(20)24-22(31)25-21(29)19-13-15-5-2-3-8-18(15)30-19/h2-8,13H,9-12H2,1H3,(H2,24,25,29,31). The van der Waals surface area contributed by atoms with Crippen LogP contribution in [0.3, 0.4) is 0 Å². The van der Waals surface area contributed by atoms with Crippen LogP contribution in [0.15, 0.2) is 52.9 Å². The Morgan fingerprint density at radius 3 is 2.52 bits per heavy atom. The van der Waals surface area contributed by atoms with Crippen LogP contribution in [0, 0.1) is 0 Å². The van der Waals surface area contributed by atoms with Gasteiger partial charge in [-0.3, -0.25) is 14.9 Å². The molecule has 1 aliphatic heterocycles. The number of para-hydroxylation sites is 2. The monoisotopic (exact) mass is 456 g/mol. The van der Waals surface area contributed by atoms with Gasteiger partial charge in [0.05, 0.1) is 16.4 Å². The van der Waals surface area contributed by atoms with Gasteiger partial charge in [-0.1, -0.05) is 35.9 Å². The number of amides is 2. The fourth-order valence-corrected chi connectivity index (χ4v) is 4.09. The molecule has 2 N–H and O–H groups in total. The summed E-state index contributed by atoms with van der Waals surface area (Å²) in [7, 11) is 0. The lowest BCUT2D eigenvalue weighted by atomic mass is 10.2. The van der Waals surface area contributed by atoms with Crippen molar-refractivity contribution < 1.29 is 14.0 Å². The zero-order valence-electron chi connectivity index (χ0n) is 16.9. The molecule has 0 aliphatic carbocycles. The van der Waals surface area contributed by atoms with Crippen molar-refractivity contribution in [3.8, 4) is 0 Å². The van der Waals surface area contributed by atoms with Crippen molar-refractivity contribution in [1.82, 2.24) is 10.2 Å². The fraction of sp³-hybridized carbons (Fsp3) is 0.227. The summed E-state index contributed by atoms with van der Waals surface area (Å²) in [6.45, 7) is 4.11. The molecule has 1 fully saturated rings. The number of anilines is 2. The minimum atomic E-state index is -0.438. The molecule has 4 rings (SSSR count). The van der Waals surface area contributed by atoms with Crippen molar-refractivity contribution in [2.24, 2.45) is 0 Å². The van der Waals surface area contributed by atoms with Crippen LogP contribution in [0.25, 0.3) is 11.0 Å². The first-order valence-electron chi connectivity index (χ1n) is 9.82. The number of piperazine rings is 1. The Morgan fingerprint density at radius 1 is 1.06 bits per heavy atom. The molecule has 160 valence electrons. The summed E-state index contributed by atoms with van der Waals surface area (Å²) < 4.78 is 5.59. The van der Waals surface area contributed by atoms with E-state index in [0.29, 0.717) is 42.5 Å². The van der Waals surface area contributed by atoms with E-state index in [9.17, 15) is 9.59 Å². The highest BCUT2D eigenvalue weighted by molar-refractivity contribution is 7.80. The van der Waals surface area contributed by atoms with Gasteiger partial charge in [0.15, 0.2) is 10.9 Å². The molecule has 0 bridgehead atoms. The topological polar surface area (TPSA) is 77.8 Å². The summed E-state index contributed by atoms with van der Waals surface area (Å²) >= 11 is 11.8. The van der Waals surface area contributed by atoms with Crippen LogP contribution >= 0.6 is 23.8 Å². The summed E-state index contributed by atoms with van der Waals surface area (Å²) in [4.78, 5) is 28.1. The second-order valence-electron chi connectivity index (χ2n) is 7.19. The van der Waals surface area contributed by atoms with Crippen molar-refractivity contribution in [2.75, 3.05) is 36.4 Å². The van der Waals surface area contributed by atoms with E-state index in [1.165, 1.54) is 0 Å². The highest BCUT2D eigenvalue weighted by Crippen LogP contribution is 2.34. The van der Waals surface area contributed by atoms with E-state index in [1.807, 2.05) is 30.3 Å². The lowest BCUT2D eigenvalue weighted by molar-refractivity contribution is -0.129. The quantitative estimate of drug-likeness (QED) is 0.582. The van der Waals surface area contributed by atoms with Crippen molar-refractivity contribution in [3.63, 3.8) is 0 Å². The Morgan fingerprint density at radius 2 is 1.81 bits per heavy atom. The predicted molar refractivity (Wildman–Crippen MR) is 126 cm³/mol. The van der Waals surface area contributed by atoms with Crippen LogP contribution in [0.2, 0.25) is 5.02 Å². The van der Waals surface area contributed by atoms with Gasteiger partial charge in [-0.05, 0) is 36.5 Å². The molecule has 31 heavy (non-hydrogen) atoms. The molecule has 0 atom stereocenters. The number of hydrogen-bond acceptors (Lipinski definition) is 5. The van der Waals surface area contributed by atoms with E-state index in [1.54, 1.807) is 30.0 Å². The SMILES string of the molecule is CC(=O)N1CCN(c2c(Cl)cccc2NC(=S)NC(=O)c2cc3ccccc3o2)CC1. The minimum Gasteiger partial charge on any atom is -0.451 e. The van der Waals surface area contributed by atoms with Crippen molar-refractivity contribution >= 4 is 63.1 Å². The second-order valence-corrected chi connectivity index (χ2v) is 8.00. The highest BCUT2D eigenvalue weighted by atomic mass is 35.5. The number of nitrogens with zero attached hydrogens (tertiary/aromatic N) is 2. The van der Waals surface area contributed by atoms with Gasteiger partial charge in [0.25, 0.3) is 5.91 Å². The molecule has 9 heteroatoms. The molecule has 1 aliphatic rings. The fourth-order valence-electron chi connectivity index (χ4n) is 3.59. The molecule has 1 aromatic heterocycles. The Labute approximate surface area is 189 Å². The Balaban J connectivity index is 1.46. The number of nitrogens with one attached hydrogen (secondary N) is 2. The third-order valence-electron chi connectivity index (χ3n) is 5.15. The third-order valence-corrected chi connectivity index (χ3v) is 5.66. The van der Waals surface area contributed by atoms with E-state index < -0.39 is 5.91 Å². The molecule has 0 unspecified atom stereocenters. The maximum atomic E-state index is 12.6. The zero-order valence-corrected chi connectivity index (χ0v) is 18.4. The largest absolute Gasteiger partial charge is 0.451 e. The van der Waals surface area contributed by atoms with Gasteiger partial charge in [-0.25, -0.2) is 0 Å². The molecule has 0 saturated carbocycles. The number of carbonyl (C=O) groups is 2. The van der Waals surface area contributed by atoms with Crippen molar-refractivity contribution in [3.05, 3.63) is 59.3 Å². The lowest BCUT2D eigenvalue weighted by Crippen LogP contribution is -2.48. The van der Waals surface area contributed by atoms with E-state index in [4.69, 9.17) is 28.2 Å². The first-order valence-corrected chi connectivity index (χ1v) is 10.6. The molecule has 0 radical (unpaired) electrons. The number of carbonyl (C=O) groups excluding carboxylic acids is 2. The molecular weight excluding hydrogens is 436 g/mol. The normalized spacial score (nSPS) is 13.9. The summed E-state index contributed by atoms with van der Waals surface area (Å²) in [5, 5.41) is 7.26. The van der Waals surface area contributed by atoms with Crippen LogP contribution in [-0.4, -0.2) is 48.0 Å². The van der Waals surface area contributed by atoms with Gasteiger partial charge < -0.3 is 19.5 Å².